The SMILES string of the molecule is Cc1cc(-c2sc(-c3cnc(CNC(C)C)cn3)nc2N)nc(SC2CCCCC2)n1. The Labute approximate surface area is 191 Å². The first-order valence-electron chi connectivity index (χ1n) is 10.8. The lowest BCUT2D eigenvalue weighted by Crippen LogP contribution is -2.22. The first kappa shape index (κ1) is 22.1. The number of hydrogen-bond donors (Lipinski definition) is 2. The number of nitrogen functional groups attached to an aromatic ring is 1. The lowest BCUT2D eigenvalue weighted by Gasteiger charge is -2.20. The standard InChI is InChI=1S/C22H29N7S2/c1-13(2)24-10-15-11-26-18(12-25-15)21-29-20(23)19(31-21)17-9-14(3)27-22(28-17)30-16-7-5-4-6-8-16/h9,11-13,16,24H,4-8,10,23H2,1-3H3. The van der Waals surface area contributed by atoms with E-state index >= 15 is 0 Å². The van der Waals surface area contributed by atoms with Crippen molar-refractivity contribution in [3.05, 3.63) is 29.8 Å². The Balaban J connectivity index is 1.54. The molecule has 3 N–H and O–H groups in total. The van der Waals surface area contributed by atoms with Crippen molar-refractivity contribution in [2.45, 2.75) is 75.9 Å². The van der Waals surface area contributed by atoms with Gasteiger partial charge >= 0.3 is 0 Å². The molecule has 3 aromatic heterocycles. The largest absolute Gasteiger partial charge is 0.382 e. The summed E-state index contributed by atoms with van der Waals surface area (Å²) in [5, 5.41) is 5.53. The maximum atomic E-state index is 6.28. The van der Waals surface area contributed by atoms with Crippen LogP contribution < -0.4 is 11.1 Å². The van der Waals surface area contributed by atoms with Crippen LogP contribution in [0, 0.1) is 6.92 Å². The summed E-state index contributed by atoms with van der Waals surface area (Å²) in [6, 6.07) is 2.38. The number of thioether (sulfide) groups is 1. The van der Waals surface area contributed by atoms with E-state index in [2.05, 4.69) is 39.1 Å². The third-order valence-corrected chi connectivity index (χ3v) is 7.47. The van der Waals surface area contributed by atoms with Crippen LogP contribution in [0.25, 0.3) is 21.3 Å². The highest BCUT2D eigenvalue weighted by Gasteiger charge is 2.19. The van der Waals surface area contributed by atoms with Gasteiger partial charge in [0, 0.05) is 23.5 Å². The molecule has 1 aliphatic rings. The van der Waals surface area contributed by atoms with E-state index in [1.54, 1.807) is 24.2 Å². The second-order valence-corrected chi connectivity index (χ2v) is 10.5. The Morgan fingerprint density at radius 3 is 2.61 bits per heavy atom. The van der Waals surface area contributed by atoms with E-state index in [1.807, 2.05) is 13.0 Å². The first-order chi connectivity index (χ1) is 15.0. The van der Waals surface area contributed by atoms with E-state index in [-0.39, 0.29) is 0 Å². The zero-order valence-corrected chi connectivity index (χ0v) is 19.9. The van der Waals surface area contributed by atoms with Crippen LogP contribution in [0.4, 0.5) is 5.82 Å². The minimum atomic E-state index is 0.403. The van der Waals surface area contributed by atoms with Gasteiger partial charge in [0.2, 0.25) is 0 Å². The van der Waals surface area contributed by atoms with E-state index in [9.17, 15) is 0 Å². The van der Waals surface area contributed by atoms with Crippen LogP contribution in [0.2, 0.25) is 0 Å². The zero-order chi connectivity index (χ0) is 21.8. The van der Waals surface area contributed by atoms with Crippen molar-refractivity contribution in [1.29, 1.82) is 0 Å². The molecule has 0 spiro atoms. The molecule has 0 bridgehead atoms. The molecule has 0 aliphatic heterocycles. The second-order valence-electron chi connectivity index (χ2n) is 8.22. The molecule has 0 atom stereocenters. The van der Waals surface area contributed by atoms with Crippen molar-refractivity contribution >= 4 is 28.9 Å². The Kier molecular flexibility index (Phi) is 7.14. The molecule has 9 heteroatoms. The van der Waals surface area contributed by atoms with Gasteiger partial charge in [0.1, 0.15) is 16.5 Å². The summed E-state index contributed by atoms with van der Waals surface area (Å²) in [7, 11) is 0. The normalized spacial score (nSPS) is 15.0. The Bertz CT molecular complexity index is 1010. The average molecular weight is 456 g/mol. The van der Waals surface area contributed by atoms with Crippen LogP contribution in [-0.4, -0.2) is 36.2 Å². The van der Waals surface area contributed by atoms with Crippen LogP contribution >= 0.6 is 23.1 Å². The Morgan fingerprint density at radius 1 is 1.10 bits per heavy atom. The molecule has 4 rings (SSSR count). The maximum Gasteiger partial charge on any atom is 0.188 e. The fourth-order valence-electron chi connectivity index (χ4n) is 3.53. The number of hydrogen-bond acceptors (Lipinski definition) is 9. The van der Waals surface area contributed by atoms with Gasteiger partial charge in [-0.05, 0) is 25.8 Å². The molecule has 0 amide bonds. The number of anilines is 1. The molecule has 164 valence electrons. The molecule has 1 fully saturated rings. The Hall–Kier alpha value is -2.10. The molecule has 31 heavy (non-hydrogen) atoms. The molecular weight excluding hydrogens is 426 g/mol. The second kappa shape index (κ2) is 10.0. The van der Waals surface area contributed by atoms with E-state index in [1.165, 1.54) is 43.4 Å². The maximum absolute atomic E-state index is 6.28. The van der Waals surface area contributed by atoms with Crippen LogP contribution in [0.5, 0.6) is 0 Å². The van der Waals surface area contributed by atoms with Crippen molar-refractivity contribution in [3.8, 4) is 21.3 Å². The van der Waals surface area contributed by atoms with Gasteiger partial charge in [0.05, 0.1) is 28.7 Å². The molecule has 0 aromatic carbocycles. The smallest absolute Gasteiger partial charge is 0.188 e. The van der Waals surface area contributed by atoms with Gasteiger partial charge in [-0.1, -0.05) is 44.9 Å². The van der Waals surface area contributed by atoms with Gasteiger partial charge < -0.3 is 11.1 Å². The quantitative estimate of drug-likeness (QED) is 0.486. The van der Waals surface area contributed by atoms with Crippen LogP contribution in [-0.2, 0) is 6.54 Å². The summed E-state index contributed by atoms with van der Waals surface area (Å²) in [6.45, 7) is 6.91. The fourth-order valence-corrected chi connectivity index (χ4v) is 5.65. The van der Waals surface area contributed by atoms with Crippen molar-refractivity contribution in [2.24, 2.45) is 0 Å². The van der Waals surface area contributed by atoms with Gasteiger partial charge in [-0.25, -0.2) is 15.0 Å². The number of nitrogens with one attached hydrogen (secondary N) is 1. The summed E-state index contributed by atoms with van der Waals surface area (Å²) < 4.78 is 0. The van der Waals surface area contributed by atoms with Crippen LogP contribution in [0.1, 0.15) is 57.3 Å². The molecule has 3 heterocycles. The Morgan fingerprint density at radius 2 is 1.90 bits per heavy atom. The van der Waals surface area contributed by atoms with E-state index in [0.29, 0.717) is 23.7 Å². The highest BCUT2D eigenvalue weighted by molar-refractivity contribution is 7.99. The number of rotatable bonds is 7. The molecular formula is C22H29N7S2. The minimum Gasteiger partial charge on any atom is -0.382 e. The highest BCUT2D eigenvalue weighted by atomic mass is 32.2. The van der Waals surface area contributed by atoms with Gasteiger partial charge in [-0.3, -0.25) is 9.97 Å². The molecule has 1 aliphatic carbocycles. The lowest BCUT2D eigenvalue weighted by atomic mass is 10.0. The molecule has 0 radical (unpaired) electrons. The number of thiazole rings is 1. The predicted molar refractivity (Wildman–Crippen MR) is 128 cm³/mol. The van der Waals surface area contributed by atoms with Crippen LogP contribution in [0.3, 0.4) is 0 Å². The summed E-state index contributed by atoms with van der Waals surface area (Å²) in [6.07, 6.45) is 9.97. The average Bonchev–Trinajstić information content (AvgIpc) is 3.14. The van der Waals surface area contributed by atoms with Crippen molar-refractivity contribution < 1.29 is 0 Å². The number of nitrogens with zero attached hydrogens (tertiary/aromatic N) is 5. The third-order valence-electron chi connectivity index (χ3n) is 5.16. The first-order valence-corrected chi connectivity index (χ1v) is 12.5. The van der Waals surface area contributed by atoms with E-state index < -0.39 is 0 Å². The van der Waals surface area contributed by atoms with Crippen LogP contribution in [0.15, 0.2) is 23.6 Å². The summed E-state index contributed by atoms with van der Waals surface area (Å²) >= 11 is 3.30. The monoisotopic (exact) mass is 455 g/mol. The summed E-state index contributed by atoms with van der Waals surface area (Å²) in [5.74, 6) is 0.471. The molecule has 7 nitrogen and oxygen atoms in total. The van der Waals surface area contributed by atoms with E-state index in [4.69, 9.17) is 10.7 Å². The fraction of sp³-hybridized carbons (Fsp3) is 0.500. The minimum absolute atomic E-state index is 0.403. The topological polar surface area (TPSA) is 102 Å². The number of aryl methyl sites for hydroxylation is 1. The molecule has 1 saturated carbocycles. The molecule has 0 saturated heterocycles. The van der Waals surface area contributed by atoms with Gasteiger partial charge in [-0.2, -0.15) is 0 Å². The summed E-state index contributed by atoms with van der Waals surface area (Å²) in [4.78, 5) is 23.9. The van der Waals surface area contributed by atoms with Gasteiger partial charge in [0.25, 0.3) is 0 Å². The molecule has 0 unspecified atom stereocenters. The van der Waals surface area contributed by atoms with Crippen molar-refractivity contribution in [1.82, 2.24) is 30.2 Å². The summed E-state index contributed by atoms with van der Waals surface area (Å²) in [5.41, 5.74) is 9.68. The third kappa shape index (κ3) is 5.78. The van der Waals surface area contributed by atoms with Crippen molar-refractivity contribution in [3.63, 3.8) is 0 Å². The zero-order valence-electron chi connectivity index (χ0n) is 18.3. The number of aromatic nitrogens is 5. The highest BCUT2D eigenvalue weighted by Crippen LogP contribution is 2.37. The lowest BCUT2D eigenvalue weighted by molar-refractivity contribution is 0.515. The molecule has 3 aromatic rings. The number of nitrogens with two attached hydrogens (primary N) is 1. The van der Waals surface area contributed by atoms with E-state index in [0.717, 1.165) is 37.8 Å². The van der Waals surface area contributed by atoms with Crippen molar-refractivity contribution in [2.75, 3.05) is 5.73 Å². The van der Waals surface area contributed by atoms with Gasteiger partial charge in [-0.15, -0.1) is 11.3 Å². The van der Waals surface area contributed by atoms with Gasteiger partial charge in [0.15, 0.2) is 5.16 Å². The predicted octanol–water partition coefficient (Wildman–Crippen LogP) is 4.87.